The number of aliphatic carboxylic acids is 1. The van der Waals surface area contributed by atoms with Gasteiger partial charge in [0.15, 0.2) is 0 Å². The van der Waals surface area contributed by atoms with Crippen LogP contribution in [0.15, 0.2) is 24.3 Å². The standard InChI is InChI=1S/C14H19NO4/c1-2-19-12-5-3-11(4-6-12)13(14(16)17)15-7-9-18-10-8-15/h3-6,13H,2,7-10H2,1H3,(H,16,17)/t13-/m0/s1. The van der Waals surface area contributed by atoms with E-state index in [0.29, 0.717) is 32.9 Å². The van der Waals surface area contributed by atoms with E-state index in [1.54, 1.807) is 0 Å². The van der Waals surface area contributed by atoms with Crippen molar-refractivity contribution in [2.75, 3.05) is 32.9 Å². The Hall–Kier alpha value is -1.59. The molecule has 1 fully saturated rings. The molecule has 2 rings (SSSR count). The molecule has 1 heterocycles. The third-order valence-corrected chi connectivity index (χ3v) is 3.15. The normalized spacial score (nSPS) is 17.9. The number of benzene rings is 1. The van der Waals surface area contributed by atoms with E-state index in [-0.39, 0.29) is 0 Å². The first kappa shape index (κ1) is 13.8. The van der Waals surface area contributed by atoms with Crippen LogP contribution in [0.4, 0.5) is 0 Å². The summed E-state index contributed by atoms with van der Waals surface area (Å²) in [6, 6.07) is 6.66. The van der Waals surface area contributed by atoms with Crippen LogP contribution in [0.2, 0.25) is 0 Å². The van der Waals surface area contributed by atoms with Crippen molar-refractivity contribution in [3.8, 4) is 5.75 Å². The van der Waals surface area contributed by atoms with Gasteiger partial charge in [0, 0.05) is 13.1 Å². The fourth-order valence-electron chi connectivity index (χ4n) is 2.26. The zero-order valence-corrected chi connectivity index (χ0v) is 11.0. The molecule has 0 unspecified atom stereocenters. The zero-order chi connectivity index (χ0) is 13.7. The summed E-state index contributed by atoms with van der Waals surface area (Å²) in [5, 5.41) is 9.44. The topological polar surface area (TPSA) is 59.0 Å². The lowest BCUT2D eigenvalue weighted by Gasteiger charge is -2.32. The van der Waals surface area contributed by atoms with Crippen LogP contribution in [-0.2, 0) is 9.53 Å². The average Bonchev–Trinajstić information content (AvgIpc) is 2.42. The van der Waals surface area contributed by atoms with Gasteiger partial charge in [0.2, 0.25) is 0 Å². The summed E-state index contributed by atoms with van der Waals surface area (Å²) < 4.78 is 10.6. The highest BCUT2D eigenvalue weighted by Gasteiger charge is 2.28. The molecule has 1 saturated heterocycles. The Kier molecular flexibility index (Phi) is 4.76. The molecule has 1 atom stereocenters. The molecule has 5 nitrogen and oxygen atoms in total. The molecule has 0 saturated carbocycles. The van der Waals surface area contributed by atoms with Crippen LogP contribution >= 0.6 is 0 Å². The Morgan fingerprint density at radius 3 is 2.53 bits per heavy atom. The second-order valence-corrected chi connectivity index (χ2v) is 4.39. The van der Waals surface area contributed by atoms with E-state index in [0.717, 1.165) is 11.3 Å². The molecular formula is C14H19NO4. The molecule has 1 aromatic rings. The lowest BCUT2D eigenvalue weighted by molar-refractivity contribution is -0.145. The minimum atomic E-state index is -0.828. The minimum absolute atomic E-state index is 0.584. The quantitative estimate of drug-likeness (QED) is 0.875. The fraction of sp³-hybridized carbons (Fsp3) is 0.500. The first-order valence-corrected chi connectivity index (χ1v) is 6.49. The highest BCUT2D eigenvalue weighted by Crippen LogP contribution is 2.24. The number of hydrogen-bond acceptors (Lipinski definition) is 4. The molecule has 1 aliphatic rings. The van der Waals surface area contributed by atoms with Crippen molar-refractivity contribution in [2.45, 2.75) is 13.0 Å². The molecule has 0 bridgehead atoms. The second-order valence-electron chi connectivity index (χ2n) is 4.39. The van der Waals surface area contributed by atoms with Gasteiger partial charge in [-0.1, -0.05) is 12.1 Å². The van der Waals surface area contributed by atoms with Crippen molar-refractivity contribution in [3.05, 3.63) is 29.8 Å². The van der Waals surface area contributed by atoms with Gasteiger partial charge in [-0.05, 0) is 24.6 Å². The maximum atomic E-state index is 11.5. The van der Waals surface area contributed by atoms with Gasteiger partial charge in [-0.2, -0.15) is 0 Å². The summed E-state index contributed by atoms with van der Waals surface area (Å²) in [4.78, 5) is 13.4. The van der Waals surface area contributed by atoms with Crippen molar-refractivity contribution in [1.29, 1.82) is 0 Å². The summed E-state index contributed by atoms with van der Waals surface area (Å²) in [6.45, 7) is 4.98. The number of carboxylic acids is 1. The Balaban J connectivity index is 2.15. The van der Waals surface area contributed by atoms with Gasteiger partial charge < -0.3 is 14.6 Å². The second kappa shape index (κ2) is 6.54. The van der Waals surface area contributed by atoms with E-state index >= 15 is 0 Å². The molecule has 1 aromatic carbocycles. The van der Waals surface area contributed by atoms with Gasteiger partial charge in [0.05, 0.1) is 19.8 Å². The number of nitrogens with zero attached hydrogens (tertiary/aromatic N) is 1. The Labute approximate surface area is 112 Å². The predicted octanol–water partition coefficient (Wildman–Crippen LogP) is 1.54. The van der Waals surface area contributed by atoms with Crippen molar-refractivity contribution >= 4 is 5.97 Å². The van der Waals surface area contributed by atoms with Gasteiger partial charge in [0.25, 0.3) is 0 Å². The van der Waals surface area contributed by atoms with Crippen molar-refractivity contribution in [3.63, 3.8) is 0 Å². The fourth-order valence-corrected chi connectivity index (χ4v) is 2.26. The smallest absolute Gasteiger partial charge is 0.325 e. The molecule has 1 N–H and O–H groups in total. The van der Waals surface area contributed by atoms with E-state index in [9.17, 15) is 9.90 Å². The Morgan fingerprint density at radius 1 is 1.37 bits per heavy atom. The number of hydrogen-bond donors (Lipinski definition) is 1. The molecule has 0 amide bonds. The molecule has 0 radical (unpaired) electrons. The van der Waals surface area contributed by atoms with Gasteiger partial charge in [0.1, 0.15) is 11.8 Å². The third-order valence-electron chi connectivity index (χ3n) is 3.15. The molecule has 0 aromatic heterocycles. The number of morpholine rings is 1. The van der Waals surface area contributed by atoms with Crippen LogP contribution in [0.3, 0.4) is 0 Å². The highest BCUT2D eigenvalue weighted by molar-refractivity contribution is 5.75. The summed E-state index contributed by atoms with van der Waals surface area (Å²) >= 11 is 0. The molecular weight excluding hydrogens is 246 g/mol. The molecule has 0 aliphatic carbocycles. The van der Waals surface area contributed by atoms with Crippen LogP contribution in [-0.4, -0.2) is 48.9 Å². The van der Waals surface area contributed by atoms with Gasteiger partial charge in [-0.15, -0.1) is 0 Å². The minimum Gasteiger partial charge on any atom is -0.494 e. The molecule has 0 spiro atoms. The lowest BCUT2D eigenvalue weighted by atomic mass is 10.0. The summed E-state index contributed by atoms with van der Waals surface area (Å²) in [5.41, 5.74) is 0.776. The van der Waals surface area contributed by atoms with Crippen LogP contribution in [0.1, 0.15) is 18.5 Å². The number of carbonyl (C=O) groups is 1. The zero-order valence-electron chi connectivity index (χ0n) is 11.0. The van der Waals surface area contributed by atoms with Crippen LogP contribution in [0.5, 0.6) is 5.75 Å². The lowest BCUT2D eigenvalue weighted by Crippen LogP contribution is -2.42. The van der Waals surface area contributed by atoms with Crippen LogP contribution < -0.4 is 4.74 Å². The molecule has 104 valence electrons. The first-order chi connectivity index (χ1) is 9.22. The monoisotopic (exact) mass is 265 g/mol. The maximum absolute atomic E-state index is 11.5. The summed E-state index contributed by atoms with van der Waals surface area (Å²) in [7, 11) is 0. The maximum Gasteiger partial charge on any atom is 0.325 e. The van der Waals surface area contributed by atoms with Crippen molar-refractivity contribution in [2.24, 2.45) is 0 Å². The largest absolute Gasteiger partial charge is 0.494 e. The predicted molar refractivity (Wildman–Crippen MR) is 70.4 cm³/mol. The first-order valence-electron chi connectivity index (χ1n) is 6.49. The van der Waals surface area contributed by atoms with Gasteiger partial charge in [-0.25, -0.2) is 0 Å². The Morgan fingerprint density at radius 2 is 2.00 bits per heavy atom. The van der Waals surface area contributed by atoms with E-state index in [1.807, 2.05) is 36.1 Å². The van der Waals surface area contributed by atoms with Gasteiger partial charge >= 0.3 is 5.97 Å². The Bertz CT molecular complexity index is 412. The number of rotatable bonds is 5. The SMILES string of the molecule is CCOc1ccc([C@@H](C(=O)O)N2CCOCC2)cc1. The van der Waals surface area contributed by atoms with E-state index in [4.69, 9.17) is 9.47 Å². The van der Waals surface area contributed by atoms with Crippen LogP contribution in [0.25, 0.3) is 0 Å². The van der Waals surface area contributed by atoms with Crippen LogP contribution in [0, 0.1) is 0 Å². The van der Waals surface area contributed by atoms with Crippen molar-refractivity contribution in [1.82, 2.24) is 4.90 Å². The van der Waals surface area contributed by atoms with Gasteiger partial charge in [-0.3, -0.25) is 9.69 Å². The molecule has 19 heavy (non-hydrogen) atoms. The third kappa shape index (κ3) is 3.45. The van der Waals surface area contributed by atoms with Crippen molar-refractivity contribution < 1.29 is 19.4 Å². The summed E-state index contributed by atoms with van der Waals surface area (Å²) in [6.07, 6.45) is 0. The number of carboxylic acid groups (broad SMARTS) is 1. The van der Waals surface area contributed by atoms with E-state index in [2.05, 4.69) is 0 Å². The number of ether oxygens (including phenoxy) is 2. The van der Waals surface area contributed by atoms with E-state index < -0.39 is 12.0 Å². The average molecular weight is 265 g/mol. The summed E-state index contributed by atoms with van der Waals surface area (Å²) in [5.74, 6) is -0.0663. The van der Waals surface area contributed by atoms with E-state index in [1.165, 1.54) is 0 Å². The molecule has 5 heteroatoms. The molecule has 1 aliphatic heterocycles. The highest BCUT2D eigenvalue weighted by atomic mass is 16.5.